The van der Waals surface area contributed by atoms with Crippen molar-refractivity contribution in [1.82, 2.24) is 15.5 Å². The number of rotatable bonds is 7. The van der Waals surface area contributed by atoms with Crippen LogP contribution in [0.25, 0.3) is 0 Å². The number of hydrogen-bond donors (Lipinski definition) is 2. The van der Waals surface area contributed by atoms with Crippen LogP contribution in [0.1, 0.15) is 43.7 Å². The Hall–Kier alpha value is -2.32. The number of aliphatic imine (C=N–C) groups is 1. The first kappa shape index (κ1) is 23.3. The quantitative estimate of drug-likeness (QED) is 0.509. The highest BCUT2D eigenvalue weighted by Gasteiger charge is 2.24. The SMILES string of the molecule is CCOC(=O)N1CCC(NC(=NC)NCc2ccc(COC3CCOCC3)cc2)CC1. The van der Waals surface area contributed by atoms with Gasteiger partial charge >= 0.3 is 6.09 Å². The fraction of sp³-hybridized carbons (Fsp3) is 0.652. The maximum atomic E-state index is 11.8. The van der Waals surface area contributed by atoms with Gasteiger partial charge < -0.3 is 29.7 Å². The number of piperidine rings is 1. The highest BCUT2D eigenvalue weighted by atomic mass is 16.6. The maximum Gasteiger partial charge on any atom is 0.409 e. The Bertz CT molecular complexity index is 696. The lowest BCUT2D eigenvalue weighted by Gasteiger charge is -2.32. The molecule has 3 rings (SSSR count). The van der Waals surface area contributed by atoms with Crippen molar-refractivity contribution in [3.63, 3.8) is 0 Å². The molecule has 8 nitrogen and oxygen atoms in total. The predicted molar refractivity (Wildman–Crippen MR) is 120 cm³/mol. The summed E-state index contributed by atoms with van der Waals surface area (Å²) in [5, 5.41) is 6.84. The van der Waals surface area contributed by atoms with Gasteiger partial charge in [0.25, 0.3) is 0 Å². The molecule has 0 unspecified atom stereocenters. The minimum atomic E-state index is -0.218. The van der Waals surface area contributed by atoms with Crippen LogP contribution in [0.3, 0.4) is 0 Å². The van der Waals surface area contributed by atoms with Crippen LogP contribution in [0.2, 0.25) is 0 Å². The van der Waals surface area contributed by atoms with E-state index < -0.39 is 0 Å². The van der Waals surface area contributed by atoms with Gasteiger partial charge in [0.2, 0.25) is 0 Å². The Morgan fingerprint density at radius 2 is 1.81 bits per heavy atom. The Labute approximate surface area is 185 Å². The van der Waals surface area contributed by atoms with E-state index in [1.54, 1.807) is 11.9 Å². The molecular weight excluding hydrogens is 396 g/mol. The summed E-state index contributed by atoms with van der Waals surface area (Å²) in [7, 11) is 1.78. The third kappa shape index (κ3) is 7.70. The van der Waals surface area contributed by atoms with Crippen LogP contribution in [0.4, 0.5) is 4.79 Å². The van der Waals surface area contributed by atoms with E-state index in [1.807, 2.05) is 6.92 Å². The predicted octanol–water partition coefficient (Wildman–Crippen LogP) is 2.67. The molecule has 0 bridgehead atoms. The average molecular weight is 433 g/mol. The van der Waals surface area contributed by atoms with Crippen LogP contribution in [-0.4, -0.2) is 69.1 Å². The van der Waals surface area contributed by atoms with Crippen LogP contribution in [0.15, 0.2) is 29.3 Å². The highest BCUT2D eigenvalue weighted by molar-refractivity contribution is 5.80. The molecule has 172 valence electrons. The fourth-order valence-electron chi connectivity index (χ4n) is 3.80. The molecule has 1 aromatic rings. The number of amides is 1. The summed E-state index contributed by atoms with van der Waals surface area (Å²) >= 11 is 0. The number of carbonyl (C=O) groups is 1. The summed E-state index contributed by atoms with van der Waals surface area (Å²) in [6.45, 7) is 6.59. The summed E-state index contributed by atoms with van der Waals surface area (Å²) in [6, 6.07) is 8.79. The molecule has 0 aromatic heterocycles. The molecule has 1 amide bonds. The highest BCUT2D eigenvalue weighted by Crippen LogP contribution is 2.14. The van der Waals surface area contributed by atoms with Gasteiger partial charge in [-0.15, -0.1) is 0 Å². The summed E-state index contributed by atoms with van der Waals surface area (Å²) in [5.41, 5.74) is 2.38. The van der Waals surface area contributed by atoms with Crippen LogP contribution in [-0.2, 0) is 27.4 Å². The van der Waals surface area contributed by atoms with E-state index in [4.69, 9.17) is 14.2 Å². The topological polar surface area (TPSA) is 84.4 Å². The van der Waals surface area contributed by atoms with E-state index in [0.717, 1.165) is 44.9 Å². The van der Waals surface area contributed by atoms with E-state index >= 15 is 0 Å². The molecule has 1 aromatic carbocycles. The van der Waals surface area contributed by atoms with Gasteiger partial charge in [0.15, 0.2) is 5.96 Å². The Morgan fingerprint density at radius 1 is 1.13 bits per heavy atom. The lowest BCUT2D eigenvalue weighted by atomic mass is 10.1. The third-order valence-corrected chi connectivity index (χ3v) is 5.72. The lowest BCUT2D eigenvalue weighted by molar-refractivity contribution is -0.0390. The van der Waals surface area contributed by atoms with Gasteiger partial charge in [-0.2, -0.15) is 0 Å². The van der Waals surface area contributed by atoms with E-state index in [1.165, 1.54) is 11.1 Å². The van der Waals surface area contributed by atoms with Crippen LogP contribution in [0, 0.1) is 0 Å². The molecule has 31 heavy (non-hydrogen) atoms. The first-order chi connectivity index (χ1) is 15.2. The number of carbonyl (C=O) groups excluding carboxylic acids is 1. The zero-order valence-corrected chi connectivity index (χ0v) is 18.8. The standard InChI is InChI=1S/C23H36N4O4/c1-3-30-23(28)27-12-8-20(9-13-27)26-22(24-2)25-16-18-4-6-19(7-5-18)17-31-21-10-14-29-15-11-21/h4-7,20-21H,3,8-17H2,1-2H3,(H2,24,25,26). The zero-order valence-electron chi connectivity index (χ0n) is 18.8. The molecule has 2 fully saturated rings. The van der Waals surface area contributed by atoms with Gasteiger partial charge in [0, 0.05) is 45.9 Å². The number of guanidine groups is 1. The molecular formula is C23H36N4O4. The first-order valence-corrected chi connectivity index (χ1v) is 11.3. The van der Waals surface area contributed by atoms with E-state index in [9.17, 15) is 4.79 Å². The summed E-state index contributed by atoms with van der Waals surface area (Å²) < 4.78 is 16.4. The molecule has 0 aliphatic carbocycles. The van der Waals surface area contributed by atoms with Crippen molar-refractivity contribution in [2.24, 2.45) is 4.99 Å². The minimum Gasteiger partial charge on any atom is -0.450 e. The van der Waals surface area contributed by atoms with Gasteiger partial charge in [0.1, 0.15) is 0 Å². The van der Waals surface area contributed by atoms with E-state index in [-0.39, 0.29) is 6.09 Å². The van der Waals surface area contributed by atoms with E-state index in [2.05, 4.69) is 39.9 Å². The third-order valence-electron chi connectivity index (χ3n) is 5.72. The van der Waals surface area contributed by atoms with Crippen LogP contribution >= 0.6 is 0 Å². The number of nitrogens with one attached hydrogen (secondary N) is 2. The van der Waals surface area contributed by atoms with Crippen molar-refractivity contribution in [3.05, 3.63) is 35.4 Å². The number of hydrogen-bond acceptors (Lipinski definition) is 5. The van der Waals surface area contributed by atoms with Gasteiger partial charge in [-0.3, -0.25) is 4.99 Å². The molecule has 0 radical (unpaired) electrons. The molecule has 0 saturated carbocycles. The van der Waals surface area contributed by atoms with Crippen molar-refractivity contribution < 1.29 is 19.0 Å². The second-order valence-corrected chi connectivity index (χ2v) is 7.97. The molecule has 0 atom stereocenters. The van der Waals surface area contributed by atoms with Gasteiger partial charge in [-0.25, -0.2) is 4.79 Å². The van der Waals surface area contributed by atoms with Gasteiger partial charge in [-0.05, 0) is 43.7 Å². The van der Waals surface area contributed by atoms with E-state index in [0.29, 0.717) is 45.0 Å². The normalized spacial score (nSPS) is 18.6. The molecule has 8 heteroatoms. The number of ether oxygens (including phenoxy) is 3. The number of nitrogens with zero attached hydrogens (tertiary/aromatic N) is 2. The Balaban J connectivity index is 1.37. The Morgan fingerprint density at radius 3 is 2.45 bits per heavy atom. The van der Waals surface area contributed by atoms with Crippen LogP contribution in [0.5, 0.6) is 0 Å². The van der Waals surface area contributed by atoms with Crippen molar-refractivity contribution in [3.8, 4) is 0 Å². The molecule has 2 N–H and O–H groups in total. The lowest BCUT2D eigenvalue weighted by Crippen LogP contribution is -2.49. The maximum absolute atomic E-state index is 11.8. The molecule has 2 aliphatic heterocycles. The minimum absolute atomic E-state index is 0.218. The molecule has 2 aliphatic rings. The fourth-order valence-corrected chi connectivity index (χ4v) is 3.80. The van der Waals surface area contributed by atoms with Gasteiger partial charge in [0.05, 0.1) is 19.3 Å². The van der Waals surface area contributed by atoms with Crippen molar-refractivity contribution in [1.29, 1.82) is 0 Å². The smallest absolute Gasteiger partial charge is 0.409 e. The van der Waals surface area contributed by atoms with Crippen LogP contribution < -0.4 is 10.6 Å². The van der Waals surface area contributed by atoms with Gasteiger partial charge in [-0.1, -0.05) is 24.3 Å². The summed E-state index contributed by atoms with van der Waals surface area (Å²) in [6.07, 6.45) is 3.81. The van der Waals surface area contributed by atoms with Crippen molar-refractivity contribution in [2.75, 3.05) is 40.0 Å². The second kappa shape index (κ2) is 12.5. The van der Waals surface area contributed by atoms with Crippen molar-refractivity contribution in [2.45, 2.75) is 57.9 Å². The monoisotopic (exact) mass is 432 g/mol. The summed E-state index contributed by atoms with van der Waals surface area (Å²) in [5.74, 6) is 0.779. The molecule has 2 heterocycles. The largest absolute Gasteiger partial charge is 0.450 e. The van der Waals surface area contributed by atoms with Crippen molar-refractivity contribution >= 4 is 12.1 Å². The first-order valence-electron chi connectivity index (χ1n) is 11.3. The zero-order chi connectivity index (χ0) is 21.9. The second-order valence-electron chi connectivity index (χ2n) is 7.97. The average Bonchev–Trinajstić information content (AvgIpc) is 2.82. The number of likely N-dealkylation sites (tertiary alicyclic amines) is 1. The Kier molecular flexibility index (Phi) is 9.42. The molecule has 2 saturated heterocycles. The summed E-state index contributed by atoms with van der Waals surface area (Å²) in [4.78, 5) is 17.9. The number of benzene rings is 1. The molecule has 0 spiro atoms.